The summed E-state index contributed by atoms with van der Waals surface area (Å²) in [5, 5.41) is 17.0. The van der Waals surface area contributed by atoms with Gasteiger partial charge in [-0.1, -0.05) is 6.07 Å². The molecule has 1 aromatic rings. The number of amides is 1. The summed E-state index contributed by atoms with van der Waals surface area (Å²) >= 11 is 0. The third-order valence-corrected chi connectivity index (χ3v) is 3.38. The Morgan fingerprint density at radius 3 is 2.95 bits per heavy atom. The molecule has 0 saturated carbocycles. The van der Waals surface area contributed by atoms with Crippen LogP contribution in [0, 0.1) is 17.0 Å². The number of carbonyl (C=O) groups is 1. The van der Waals surface area contributed by atoms with Gasteiger partial charge in [-0.05, 0) is 32.4 Å². The molecule has 1 aliphatic rings. The second-order valence-corrected chi connectivity index (χ2v) is 4.72. The van der Waals surface area contributed by atoms with Crippen molar-refractivity contribution in [2.75, 3.05) is 13.1 Å². The zero-order valence-electron chi connectivity index (χ0n) is 10.8. The number of nitrogens with one attached hydrogen (secondary N) is 2. The van der Waals surface area contributed by atoms with E-state index in [-0.39, 0.29) is 17.6 Å². The monoisotopic (exact) mass is 263 g/mol. The smallest absolute Gasteiger partial charge is 0.273 e. The summed E-state index contributed by atoms with van der Waals surface area (Å²) in [6.07, 6.45) is 1.96. The van der Waals surface area contributed by atoms with Gasteiger partial charge in [0, 0.05) is 29.8 Å². The van der Waals surface area contributed by atoms with E-state index in [2.05, 4.69) is 10.6 Å². The molecule has 0 radical (unpaired) electrons. The lowest BCUT2D eigenvalue weighted by atomic mass is 10.0. The van der Waals surface area contributed by atoms with Crippen LogP contribution in [0.2, 0.25) is 0 Å². The minimum absolute atomic E-state index is 0.0191. The highest BCUT2D eigenvalue weighted by Crippen LogP contribution is 2.21. The molecule has 1 aromatic carbocycles. The third-order valence-electron chi connectivity index (χ3n) is 3.38. The van der Waals surface area contributed by atoms with Crippen molar-refractivity contribution in [1.82, 2.24) is 10.6 Å². The van der Waals surface area contributed by atoms with Gasteiger partial charge in [-0.25, -0.2) is 0 Å². The van der Waals surface area contributed by atoms with E-state index in [4.69, 9.17) is 0 Å². The Morgan fingerprint density at radius 2 is 2.32 bits per heavy atom. The van der Waals surface area contributed by atoms with Gasteiger partial charge in [0.15, 0.2) is 0 Å². The molecule has 1 aliphatic heterocycles. The van der Waals surface area contributed by atoms with Crippen molar-refractivity contribution < 1.29 is 9.72 Å². The van der Waals surface area contributed by atoms with E-state index in [0.29, 0.717) is 11.1 Å². The molecule has 19 heavy (non-hydrogen) atoms. The van der Waals surface area contributed by atoms with E-state index in [9.17, 15) is 14.9 Å². The summed E-state index contributed by atoms with van der Waals surface area (Å²) in [4.78, 5) is 22.5. The topological polar surface area (TPSA) is 84.3 Å². The van der Waals surface area contributed by atoms with Crippen molar-refractivity contribution in [2.24, 2.45) is 0 Å². The number of nitro groups is 1. The Bertz CT molecular complexity index is 496. The van der Waals surface area contributed by atoms with Crippen LogP contribution in [0.5, 0.6) is 0 Å². The minimum Gasteiger partial charge on any atom is -0.348 e. The highest BCUT2D eigenvalue weighted by molar-refractivity contribution is 5.96. The number of nitrogens with zero attached hydrogens (tertiary/aromatic N) is 1. The Labute approximate surface area is 111 Å². The first-order chi connectivity index (χ1) is 9.09. The summed E-state index contributed by atoms with van der Waals surface area (Å²) in [6.45, 7) is 3.33. The highest BCUT2D eigenvalue weighted by atomic mass is 16.6. The van der Waals surface area contributed by atoms with Crippen LogP contribution in [-0.2, 0) is 0 Å². The first-order valence-corrected chi connectivity index (χ1v) is 6.35. The molecule has 1 amide bonds. The molecule has 2 rings (SSSR count). The Kier molecular flexibility index (Phi) is 4.11. The van der Waals surface area contributed by atoms with Crippen LogP contribution in [0.1, 0.15) is 28.8 Å². The van der Waals surface area contributed by atoms with Crippen molar-refractivity contribution >= 4 is 11.6 Å². The molecule has 1 saturated heterocycles. The summed E-state index contributed by atoms with van der Waals surface area (Å²) in [6, 6.07) is 4.67. The van der Waals surface area contributed by atoms with Gasteiger partial charge in [0.2, 0.25) is 0 Å². The summed E-state index contributed by atoms with van der Waals surface area (Å²) in [7, 11) is 0. The molecule has 6 nitrogen and oxygen atoms in total. The number of piperidine rings is 1. The first-order valence-electron chi connectivity index (χ1n) is 6.35. The van der Waals surface area contributed by atoms with Crippen molar-refractivity contribution in [3.05, 3.63) is 39.4 Å². The van der Waals surface area contributed by atoms with Crippen molar-refractivity contribution in [3.8, 4) is 0 Å². The SMILES string of the molecule is Cc1c(C(=O)NC2CCCNC2)cccc1[N+](=O)[O-]. The third kappa shape index (κ3) is 3.08. The molecule has 1 fully saturated rings. The van der Waals surface area contributed by atoms with Crippen LogP contribution < -0.4 is 10.6 Å². The zero-order chi connectivity index (χ0) is 13.8. The van der Waals surface area contributed by atoms with Crippen LogP contribution >= 0.6 is 0 Å². The molecular weight excluding hydrogens is 246 g/mol. The minimum atomic E-state index is -0.464. The fourth-order valence-electron chi connectivity index (χ4n) is 2.31. The molecule has 0 aliphatic carbocycles. The van der Waals surface area contributed by atoms with Gasteiger partial charge in [0.1, 0.15) is 0 Å². The molecule has 0 aromatic heterocycles. The Balaban J connectivity index is 2.14. The van der Waals surface area contributed by atoms with Crippen LogP contribution in [-0.4, -0.2) is 30.0 Å². The summed E-state index contributed by atoms with van der Waals surface area (Å²) in [5.41, 5.74) is 0.767. The maximum Gasteiger partial charge on any atom is 0.273 e. The van der Waals surface area contributed by atoms with Crippen LogP contribution in [0.15, 0.2) is 18.2 Å². The van der Waals surface area contributed by atoms with Gasteiger partial charge in [-0.15, -0.1) is 0 Å². The molecule has 1 heterocycles. The van der Waals surface area contributed by atoms with Gasteiger partial charge in [-0.3, -0.25) is 14.9 Å². The fourth-order valence-corrected chi connectivity index (χ4v) is 2.31. The predicted molar refractivity (Wildman–Crippen MR) is 71.2 cm³/mol. The number of benzene rings is 1. The van der Waals surface area contributed by atoms with E-state index in [1.807, 2.05) is 0 Å². The molecule has 1 unspecified atom stereocenters. The van der Waals surface area contributed by atoms with Crippen LogP contribution in [0.4, 0.5) is 5.69 Å². The van der Waals surface area contributed by atoms with E-state index < -0.39 is 4.92 Å². The quantitative estimate of drug-likeness (QED) is 0.637. The fraction of sp³-hybridized carbons (Fsp3) is 0.462. The van der Waals surface area contributed by atoms with E-state index >= 15 is 0 Å². The summed E-state index contributed by atoms with van der Waals surface area (Å²) < 4.78 is 0. The van der Waals surface area contributed by atoms with Gasteiger partial charge < -0.3 is 10.6 Å². The molecule has 2 N–H and O–H groups in total. The standard InChI is InChI=1S/C13H17N3O3/c1-9-11(5-2-6-12(9)16(18)19)13(17)15-10-4-3-7-14-8-10/h2,5-6,10,14H,3-4,7-8H2,1H3,(H,15,17). The maximum absolute atomic E-state index is 12.1. The Hall–Kier alpha value is -1.95. The van der Waals surface area contributed by atoms with E-state index in [0.717, 1.165) is 25.9 Å². The Morgan fingerprint density at radius 1 is 1.53 bits per heavy atom. The van der Waals surface area contributed by atoms with E-state index in [1.165, 1.54) is 6.07 Å². The lowest BCUT2D eigenvalue weighted by Gasteiger charge is -2.24. The van der Waals surface area contributed by atoms with Crippen LogP contribution in [0.3, 0.4) is 0 Å². The summed E-state index contributed by atoms with van der Waals surface area (Å²) in [5.74, 6) is -0.241. The molecule has 102 valence electrons. The number of hydrogen-bond acceptors (Lipinski definition) is 4. The average molecular weight is 263 g/mol. The normalized spacial score (nSPS) is 18.9. The van der Waals surface area contributed by atoms with E-state index in [1.54, 1.807) is 19.1 Å². The highest BCUT2D eigenvalue weighted by Gasteiger charge is 2.21. The van der Waals surface area contributed by atoms with Crippen molar-refractivity contribution in [1.29, 1.82) is 0 Å². The molecule has 6 heteroatoms. The molecule has 1 atom stereocenters. The van der Waals surface area contributed by atoms with Gasteiger partial charge in [0.05, 0.1) is 4.92 Å². The second-order valence-electron chi connectivity index (χ2n) is 4.72. The number of hydrogen-bond donors (Lipinski definition) is 2. The average Bonchev–Trinajstić information content (AvgIpc) is 2.39. The lowest BCUT2D eigenvalue weighted by Crippen LogP contribution is -2.45. The lowest BCUT2D eigenvalue weighted by molar-refractivity contribution is -0.385. The maximum atomic E-state index is 12.1. The molecule has 0 spiro atoms. The number of rotatable bonds is 3. The first kappa shape index (κ1) is 13.5. The zero-order valence-corrected chi connectivity index (χ0v) is 10.8. The molecular formula is C13H17N3O3. The number of carbonyl (C=O) groups excluding carboxylic acids is 1. The van der Waals surface area contributed by atoms with Crippen molar-refractivity contribution in [2.45, 2.75) is 25.8 Å². The number of nitro benzene ring substituents is 1. The van der Waals surface area contributed by atoms with Gasteiger partial charge in [0.25, 0.3) is 11.6 Å². The van der Waals surface area contributed by atoms with Crippen LogP contribution in [0.25, 0.3) is 0 Å². The largest absolute Gasteiger partial charge is 0.348 e. The predicted octanol–water partition coefficient (Wildman–Crippen LogP) is 1.39. The van der Waals surface area contributed by atoms with Gasteiger partial charge >= 0.3 is 0 Å². The van der Waals surface area contributed by atoms with Gasteiger partial charge in [-0.2, -0.15) is 0 Å². The van der Waals surface area contributed by atoms with Crippen molar-refractivity contribution in [3.63, 3.8) is 0 Å². The molecule has 0 bridgehead atoms. The second kappa shape index (κ2) is 5.79.